The van der Waals surface area contributed by atoms with Crippen molar-refractivity contribution >= 4 is 23.2 Å². The lowest BCUT2D eigenvalue weighted by molar-refractivity contribution is 0.0953. The smallest absolute Gasteiger partial charge is 0.251 e. The first kappa shape index (κ1) is 10.9. The van der Waals surface area contributed by atoms with Crippen LogP contribution in [0.3, 0.4) is 0 Å². The Bertz CT molecular complexity index is 319. The molecule has 1 aromatic rings. The summed E-state index contributed by atoms with van der Waals surface area (Å²) in [5.41, 5.74) is 6.56. The zero-order valence-electron chi connectivity index (χ0n) is 8.01. The van der Waals surface area contributed by atoms with Gasteiger partial charge in [-0.25, -0.2) is 0 Å². The number of anilines is 1. The van der Waals surface area contributed by atoms with Crippen molar-refractivity contribution in [2.24, 2.45) is 0 Å². The summed E-state index contributed by atoms with van der Waals surface area (Å²) < 4.78 is 0. The first-order chi connectivity index (χ1) is 6.63. The molecule has 4 heteroatoms. The van der Waals surface area contributed by atoms with Crippen molar-refractivity contribution < 1.29 is 4.79 Å². The predicted octanol–water partition coefficient (Wildman–Crippen LogP) is 2.06. The molecule has 0 bridgehead atoms. The van der Waals surface area contributed by atoms with Crippen LogP contribution in [0.25, 0.3) is 0 Å². The molecule has 0 unspecified atom stereocenters. The molecule has 1 amide bonds. The molecule has 3 nitrogen and oxygen atoms in total. The molecule has 0 radical (unpaired) electrons. The van der Waals surface area contributed by atoms with Gasteiger partial charge in [0.2, 0.25) is 0 Å². The maximum Gasteiger partial charge on any atom is 0.251 e. The summed E-state index contributed by atoms with van der Waals surface area (Å²) >= 11 is 5.77. The molecule has 1 aromatic carbocycles. The number of nitrogen functional groups attached to an aromatic ring is 1. The molecule has 0 heterocycles. The van der Waals surface area contributed by atoms with Crippen LogP contribution >= 0.6 is 11.6 Å². The highest BCUT2D eigenvalue weighted by molar-refractivity contribution is 6.31. The molecular formula is C10H13ClN2O. The van der Waals surface area contributed by atoms with E-state index in [0.717, 1.165) is 6.42 Å². The van der Waals surface area contributed by atoms with Gasteiger partial charge in [0, 0.05) is 22.8 Å². The Balaban J connectivity index is 2.79. The van der Waals surface area contributed by atoms with E-state index in [4.69, 9.17) is 17.3 Å². The van der Waals surface area contributed by atoms with Crippen molar-refractivity contribution in [1.82, 2.24) is 5.32 Å². The van der Waals surface area contributed by atoms with Crippen LogP contribution in [0, 0.1) is 0 Å². The first-order valence-electron chi connectivity index (χ1n) is 4.47. The van der Waals surface area contributed by atoms with E-state index >= 15 is 0 Å². The lowest BCUT2D eigenvalue weighted by Crippen LogP contribution is -2.24. The quantitative estimate of drug-likeness (QED) is 0.754. The molecule has 3 N–H and O–H groups in total. The van der Waals surface area contributed by atoms with Gasteiger partial charge in [-0.15, -0.1) is 0 Å². The zero-order chi connectivity index (χ0) is 10.6. The van der Waals surface area contributed by atoms with Crippen LogP contribution in [0.15, 0.2) is 18.2 Å². The van der Waals surface area contributed by atoms with E-state index in [-0.39, 0.29) is 5.91 Å². The van der Waals surface area contributed by atoms with Gasteiger partial charge in [0.05, 0.1) is 0 Å². The average Bonchev–Trinajstić information content (AvgIpc) is 2.12. The number of nitrogens with one attached hydrogen (secondary N) is 1. The third-order valence-electron chi connectivity index (χ3n) is 1.72. The van der Waals surface area contributed by atoms with Crippen LogP contribution < -0.4 is 11.1 Å². The minimum Gasteiger partial charge on any atom is -0.399 e. The summed E-state index contributed by atoms with van der Waals surface area (Å²) in [5.74, 6) is -0.138. The fraction of sp³-hybridized carbons (Fsp3) is 0.300. The van der Waals surface area contributed by atoms with Crippen molar-refractivity contribution in [1.29, 1.82) is 0 Å². The number of rotatable bonds is 3. The van der Waals surface area contributed by atoms with Crippen LogP contribution in [0.2, 0.25) is 5.02 Å². The van der Waals surface area contributed by atoms with Gasteiger partial charge in [-0.1, -0.05) is 18.5 Å². The van der Waals surface area contributed by atoms with Crippen LogP contribution in [0.5, 0.6) is 0 Å². The highest BCUT2D eigenvalue weighted by atomic mass is 35.5. The summed E-state index contributed by atoms with van der Waals surface area (Å²) in [6.07, 6.45) is 0.905. The highest BCUT2D eigenvalue weighted by Gasteiger charge is 2.05. The van der Waals surface area contributed by atoms with Gasteiger partial charge in [-0.3, -0.25) is 4.79 Å². The lowest BCUT2D eigenvalue weighted by Gasteiger charge is -2.04. The Labute approximate surface area is 88.2 Å². The minimum atomic E-state index is -0.138. The highest BCUT2D eigenvalue weighted by Crippen LogP contribution is 2.16. The average molecular weight is 213 g/mol. The molecule has 0 aliphatic rings. The Morgan fingerprint density at radius 2 is 2.21 bits per heavy atom. The second kappa shape index (κ2) is 4.86. The minimum absolute atomic E-state index is 0.138. The van der Waals surface area contributed by atoms with Crippen LogP contribution in [-0.4, -0.2) is 12.5 Å². The Morgan fingerprint density at radius 1 is 1.50 bits per heavy atom. The Kier molecular flexibility index (Phi) is 3.77. The summed E-state index contributed by atoms with van der Waals surface area (Å²) in [4.78, 5) is 11.5. The number of benzene rings is 1. The molecule has 0 aliphatic heterocycles. The van der Waals surface area contributed by atoms with Crippen molar-refractivity contribution in [2.75, 3.05) is 12.3 Å². The molecule has 0 spiro atoms. The van der Waals surface area contributed by atoms with E-state index in [1.807, 2.05) is 6.92 Å². The summed E-state index contributed by atoms with van der Waals surface area (Å²) in [6.45, 7) is 2.65. The lowest BCUT2D eigenvalue weighted by atomic mass is 10.2. The van der Waals surface area contributed by atoms with Crippen LogP contribution in [-0.2, 0) is 0 Å². The van der Waals surface area contributed by atoms with Crippen LogP contribution in [0.4, 0.5) is 5.69 Å². The van der Waals surface area contributed by atoms with E-state index in [1.54, 1.807) is 18.2 Å². The van der Waals surface area contributed by atoms with Gasteiger partial charge in [-0.2, -0.15) is 0 Å². The van der Waals surface area contributed by atoms with Crippen LogP contribution in [0.1, 0.15) is 23.7 Å². The van der Waals surface area contributed by atoms with Crippen molar-refractivity contribution in [2.45, 2.75) is 13.3 Å². The molecule has 1 rings (SSSR count). The number of carbonyl (C=O) groups is 1. The molecule has 0 aliphatic carbocycles. The molecule has 0 saturated heterocycles. The van der Waals surface area contributed by atoms with Crippen molar-refractivity contribution in [3.05, 3.63) is 28.8 Å². The van der Waals surface area contributed by atoms with Crippen molar-refractivity contribution in [3.8, 4) is 0 Å². The summed E-state index contributed by atoms with van der Waals surface area (Å²) in [6, 6.07) is 4.82. The molecule has 76 valence electrons. The van der Waals surface area contributed by atoms with Gasteiger partial charge in [0.1, 0.15) is 0 Å². The van der Waals surface area contributed by atoms with Gasteiger partial charge in [0.15, 0.2) is 0 Å². The van der Waals surface area contributed by atoms with Gasteiger partial charge in [-0.05, 0) is 24.6 Å². The Morgan fingerprint density at radius 3 is 2.79 bits per heavy atom. The third kappa shape index (κ3) is 2.92. The van der Waals surface area contributed by atoms with E-state index < -0.39 is 0 Å². The molecular weight excluding hydrogens is 200 g/mol. The topological polar surface area (TPSA) is 55.1 Å². The Hall–Kier alpha value is -1.22. The first-order valence-corrected chi connectivity index (χ1v) is 4.85. The number of halogens is 1. The van der Waals surface area contributed by atoms with Gasteiger partial charge in [0.25, 0.3) is 5.91 Å². The second-order valence-electron chi connectivity index (χ2n) is 3.03. The monoisotopic (exact) mass is 212 g/mol. The fourth-order valence-corrected chi connectivity index (χ4v) is 1.33. The fourth-order valence-electron chi connectivity index (χ4n) is 1.08. The van der Waals surface area contributed by atoms with E-state index in [0.29, 0.717) is 22.8 Å². The maximum atomic E-state index is 11.5. The number of nitrogens with two attached hydrogens (primary N) is 1. The second-order valence-corrected chi connectivity index (χ2v) is 3.47. The van der Waals surface area contributed by atoms with E-state index in [1.165, 1.54) is 0 Å². The van der Waals surface area contributed by atoms with Crippen molar-refractivity contribution in [3.63, 3.8) is 0 Å². The maximum absolute atomic E-state index is 11.5. The number of hydrogen-bond donors (Lipinski definition) is 2. The molecule has 0 saturated carbocycles. The standard InChI is InChI=1S/C10H13ClN2O/c1-2-3-13-10(14)7-4-8(11)6-9(12)5-7/h4-6H,2-3,12H2,1H3,(H,13,14). The number of amides is 1. The molecule has 0 fully saturated rings. The predicted molar refractivity (Wildman–Crippen MR) is 58.5 cm³/mol. The van der Waals surface area contributed by atoms with E-state index in [2.05, 4.69) is 5.32 Å². The molecule has 0 atom stereocenters. The van der Waals surface area contributed by atoms with E-state index in [9.17, 15) is 4.79 Å². The summed E-state index contributed by atoms with van der Waals surface area (Å²) in [7, 11) is 0. The molecule has 14 heavy (non-hydrogen) atoms. The summed E-state index contributed by atoms with van der Waals surface area (Å²) in [5, 5.41) is 3.23. The van der Waals surface area contributed by atoms with Gasteiger partial charge < -0.3 is 11.1 Å². The number of carbonyl (C=O) groups excluding carboxylic acids is 1. The SMILES string of the molecule is CCCNC(=O)c1cc(N)cc(Cl)c1. The largest absolute Gasteiger partial charge is 0.399 e. The number of hydrogen-bond acceptors (Lipinski definition) is 2. The zero-order valence-corrected chi connectivity index (χ0v) is 8.77. The van der Waals surface area contributed by atoms with Gasteiger partial charge >= 0.3 is 0 Å². The molecule has 0 aromatic heterocycles. The third-order valence-corrected chi connectivity index (χ3v) is 1.94. The normalized spacial score (nSPS) is 9.86.